The average molecular weight is 317 g/mol. The summed E-state index contributed by atoms with van der Waals surface area (Å²) in [5.41, 5.74) is 4.37. The molecule has 3 aromatic rings. The molecule has 3 rings (SSSR count). The van der Waals surface area contributed by atoms with Gasteiger partial charge < -0.3 is 4.74 Å². The van der Waals surface area contributed by atoms with Crippen LogP contribution in [-0.2, 0) is 0 Å². The maximum absolute atomic E-state index is 5.22. The Morgan fingerprint density at radius 2 is 1.50 bits per heavy atom. The molecule has 0 unspecified atom stereocenters. The minimum absolute atomic E-state index is 0.841. The van der Waals surface area contributed by atoms with Crippen molar-refractivity contribution in [3.63, 3.8) is 0 Å². The number of ether oxygens (including phenoxy) is 1. The summed E-state index contributed by atoms with van der Waals surface area (Å²) in [7, 11) is 1.67. The molecular formula is C21H21N2O+. The van der Waals surface area contributed by atoms with Gasteiger partial charge in [-0.05, 0) is 55.5 Å². The van der Waals surface area contributed by atoms with E-state index in [1.807, 2.05) is 42.5 Å². The Kier molecular flexibility index (Phi) is 4.92. The molecule has 3 nitrogen and oxygen atoms in total. The van der Waals surface area contributed by atoms with Gasteiger partial charge in [-0.3, -0.25) is 0 Å². The number of hydrogen-bond acceptors (Lipinski definition) is 1. The van der Waals surface area contributed by atoms with Gasteiger partial charge in [-0.25, -0.2) is 10.3 Å². The number of methoxy groups -OCH3 is 1. The second-order valence-electron chi connectivity index (χ2n) is 5.59. The van der Waals surface area contributed by atoms with Crippen LogP contribution in [-0.4, -0.2) is 12.9 Å². The van der Waals surface area contributed by atoms with Crippen molar-refractivity contribution in [3.05, 3.63) is 90.0 Å². The molecule has 0 aliphatic rings. The molecule has 120 valence electrons. The third-order valence-electron chi connectivity index (χ3n) is 3.74. The summed E-state index contributed by atoms with van der Waals surface area (Å²) < 4.78 is 5.22. The Morgan fingerprint density at radius 1 is 0.833 bits per heavy atom. The summed E-state index contributed by atoms with van der Waals surface area (Å²) in [5, 5.41) is 3.46. The van der Waals surface area contributed by atoms with Gasteiger partial charge in [0.05, 0.1) is 12.7 Å². The molecule has 3 heteroatoms. The highest BCUT2D eigenvalue weighted by atomic mass is 16.5. The SMILES string of the molecule is COc1ccc(NC(=[NH+]c2ccc(C)cc2)c2ccccc2)cc1. The number of aryl methyl sites for hydroxylation is 1. The van der Waals surface area contributed by atoms with Crippen molar-refractivity contribution in [3.8, 4) is 5.75 Å². The lowest BCUT2D eigenvalue weighted by Crippen LogP contribution is -2.68. The van der Waals surface area contributed by atoms with E-state index in [2.05, 4.69) is 53.6 Å². The Morgan fingerprint density at radius 3 is 2.12 bits per heavy atom. The number of rotatable bonds is 4. The summed E-state index contributed by atoms with van der Waals surface area (Å²) >= 11 is 0. The summed E-state index contributed by atoms with van der Waals surface area (Å²) in [6.07, 6.45) is 0. The van der Waals surface area contributed by atoms with Crippen molar-refractivity contribution >= 4 is 17.2 Å². The third-order valence-corrected chi connectivity index (χ3v) is 3.74. The van der Waals surface area contributed by atoms with E-state index in [0.717, 1.165) is 28.5 Å². The number of nitrogens with one attached hydrogen (secondary N) is 2. The van der Waals surface area contributed by atoms with Crippen molar-refractivity contribution in [2.24, 2.45) is 0 Å². The van der Waals surface area contributed by atoms with E-state index < -0.39 is 0 Å². The van der Waals surface area contributed by atoms with Crippen LogP contribution < -0.4 is 15.0 Å². The molecule has 0 spiro atoms. The third kappa shape index (κ3) is 4.02. The number of hydrogen-bond donors (Lipinski definition) is 2. The van der Waals surface area contributed by atoms with Gasteiger partial charge in [0, 0.05) is 0 Å². The standard InChI is InChI=1S/C21H20N2O/c1-16-8-10-18(11-9-16)22-21(17-6-4-3-5-7-17)23-19-12-14-20(24-2)15-13-19/h3-15H,1-2H3,(H,22,23)/p+1. The number of anilines is 1. The highest BCUT2D eigenvalue weighted by Gasteiger charge is 2.11. The molecule has 0 aliphatic carbocycles. The van der Waals surface area contributed by atoms with Crippen LogP contribution in [0.4, 0.5) is 11.4 Å². The molecule has 0 aliphatic heterocycles. The second-order valence-corrected chi connectivity index (χ2v) is 5.59. The smallest absolute Gasteiger partial charge is 0.285 e. The minimum Gasteiger partial charge on any atom is -0.497 e. The molecule has 2 N–H and O–H groups in total. The van der Waals surface area contributed by atoms with Gasteiger partial charge in [-0.1, -0.05) is 35.9 Å². The van der Waals surface area contributed by atoms with Gasteiger partial charge in [0.25, 0.3) is 5.84 Å². The van der Waals surface area contributed by atoms with Crippen molar-refractivity contribution in [1.82, 2.24) is 0 Å². The topological polar surface area (TPSA) is 35.2 Å². The maximum Gasteiger partial charge on any atom is 0.285 e. The predicted octanol–water partition coefficient (Wildman–Crippen LogP) is 3.27. The molecule has 0 atom stereocenters. The predicted molar refractivity (Wildman–Crippen MR) is 99.0 cm³/mol. The van der Waals surface area contributed by atoms with Crippen LogP contribution in [0.2, 0.25) is 0 Å². The monoisotopic (exact) mass is 317 g/mol. The van der Waals surface area contributed by atoms with Gasteiger partial charge >= 0.3 is 0 Å². The Balaban J connectivity index is 1.94. The summed E-state index contributed by atoms with van der Waals surface area (Å²) in [4.78, 5) is 3.47. The first-order valence-corrected chi connectivity index (χ1v) is 7.92. The lowest BCUT2D eigenvalue weighted by Gasteiger charge is -2.05. The number of amidine groups is 1. The fourth-order valence-electron chi connectivity index (χ4n) is 2.38. The quantitative estimate of drug-likeness (QED) is 0.572. The van der Waals surface area contributed by atoms with Crippen LogP contribution >= 0.6 is 0 Å². The molecule has 0 radical (unpaired) electrons. The molecule has 0 amide bonds. The van der Waals surface area contributed by atoms with E-state index in [4.69, 9.17) is 4.74 Å². The molecule has 0 heterocycles. The van der Waals surface area contributed by atoms with Gasteiger partial charge in [0.2, 0.25) is 0 Å². The molecular weight excluding hydrogens is 296 g/mol. The zero-order valence-corrected chi connectivity index (χ0v) is 13.9. The second kappa shape index (κ2) is 7.47. The Labute approximate surface area is 142 Å². The Hall–Kier alpha value is -3.07. The van der Waals surface area contributed by atoms with Crippen LogP contribution in [0.15, 0.2) is 78.9 Å². The number of benzene rings is 3. The minimum atomic E-state index is 0.841. The van der Waals surface area contributed by atoms with Gasteiger partial charge in [0.15, 0.2) is 0 Å². The van der Waals surface area contributed by atoms with Gasteiger partial charge in [0.1, 0.15) is 17.1 Å². The zero-order chi connectivity index (χ0) is 16.8. The van der Waals surface area contributed by atoms with Crippen LogP contribution in [0, 0.1) is 6.92 Å². The van der Waals surface area contributed by atoms with E-state index in [1.165, 1.54) is 5.56 Å². The average Bonchev–Trinajstić information content (AvgIpc) is 2.64. The van der Waals surface area contributed by atoms with Crippen LogP contribution in [0.3, 0.4) is 0 Å². The fraction of sp³-hybridized carbons (Fsp3) is 0.0952. The van der Waals surface area contributed by atoms with Crippen LogP contribution in [0.5, 0.6) is 5.75 Å². The van der Waals surface area contributed by atoms with Crippen molar-refractivity contribution in [1.29, 1.82) is 0 Å². The van der Waals surface area contributed by atoms with E-state index in [1.54, 1.807) is 7.11 Å². The van der Waals surface area contributed by atoms with Crippen molar-refractivity contribution < 1.29 is 9.73 Å². The lowest BCUT2D eigenvalue weighted by atomic mass is 10.2. The molecule has 3 aromatic carbocycles. The summed E-state index contributed by atoms with van der Waals surface area (Å²) in [5.74, 6) is 1.78. The largest absolute Gasteiger partial charge is 0.497 e. The molecule has 0 saturated heterocycles. The van der Waals surface area contributed by atoms with E-state index in [-0.39, 0.29) is 0 Å². The van der Waals surface area contributed by atoms with E-state index >= 15 is 0 Å². The van der Waals surface area contributed by atoms with Crippen LogP contribution in [0.25, 0.3) is 0 Å². The van der Waals surface area contributed by atoms with Gasteiger partial charge in [-0.2, -0.15) is 0 Å². The summed E-state index contributed by atoms with van der Waals surface area (Å²) in [6, 6.07) is 26.5. The first kappa shape index (κ1) is 15.8. The van der Waals surface area contributed by atoms with Gasteiger partial charge in [-0.15, -0.1) is 0 Å². The first-order chi connectivity index (χ1) is 11.7. The fourth-order valence-corrected chi connectivity index (χ4v) is 2.38. The van der Waals surface area contributed by atoms with E-state index in [9.17, 15) is 0 Å². The van der Waals surface area contributed by atoms with Crippen molar-refractivity contribution in [2.75, 3.05) is 12.4 Å². The molecule has 0 fully saturated rings. The van der Waals surface area contributed by atoms with Crippen molar-refractivity contribution in [2.45, 2.75) is 6.92 Å². The van der Waals surface area contributed by atoms with Crippen LogP contribution in [0.1, 0.15) is 11.1 Å². The first-order valence-electron chi connectivity index (χ1n) is 7.92. The Bertz CT molecular complexity index is 807. The lowest BCUT2D eigenvalue weighted by molar-refractivity contribution is -0.352. The zero-order valence-electron chi connectivity index (χ0n) is 13.9. The molecule has 24 heavy (non-hydrogen) atoms. The highest BCUT2D eigenvalue weighted by molar-refractivity contribution is 6.04. The maximum atomic E-state index is 5.22. The normalized spacial score (nSPS) is 11.2. The highest BCUT2D eigenvalue weighted by Crippen LogP contribution is 2.15. The molecule has 0 bridgehead atoms. The molecule has 0 saturated carbocycles. The van der Waals surface area contributed by atoms with E-state index in [0.29, 0.717) is 0 Å². The molecule has 0 aromatic heterocycles. The summed E-state index contributed by atoms with van der Waals surface area (Å²) in [6.45, 7) is 2.08.